The molecule has 0 aliphatic carbocycles. The predicted octanol–water partition coefficient (Wildman–Crippen LogP) is 3.25. The average molecular weight is 286 g/mol. The van der Waals surface area contributed by atoms with Gasteiger partial charge in [0.15, 0.2) is 0 Å². The van der Waals surface area contributed by atoms with Crippen LogP contribution >= 0.6 is 11.3 Å². The molecule has 0 radical (unpaired) electrons. The van der Waals surface area contributed by atoms with Gasteiger partial charge in [0, 0.05) is 12.1 Å². The van der Waals surface area contributed by atoms with Gasteiger partial charge >= 0.3 is 0 Å². The van der Waals surface area contributed by atoms with Crippen LogP contribution < -0.4 is 10.6 Å². The zero-order chi connectivity index (χ0) is 14.1. The molecule has 1 amide bonds. The van der Waals surface area contributed by atoms with E-state index in [4.69, 9.17) is 0 Å². The molecule has 4 heteroatoms. The number of carbonyl (C=O) groups excluding carboxylic acids is 1. The number of anilines is 1. The SMILES string of the molecule is CNC(c1ccc2c(c1)CCC(=O)N2)c1cscc1C. The molecule has 3 rings (SSSR count). The van der Waals surface area contributed by atoms with Gasteiger partial charge < -0.3 is 10.6 Å². The summed E-state index contributed by atoms with van der Waals surface area (Å²) in [4.78, 5) is 11.4. The van der Waals surface area contributed by atoms with Crippen LogP contribution in [0, 0.1) is 6.92 Å². The van der Waals surface area contributed by atoms with E-state index in [9.17, 15) is 4.79 Å². The Labute approximate surface area is 123 Å². The highest BCUT2D eigenvalue weighted by atomic mass is 32.1. The molecule has 104 valence electrons. The molecular formula is C16H18N2OS. The second-order valence-corrected chi connectivity index (χ2v) is 5.94. The van der Waals surface area contributed by atoms with E-state index >= 15 is 0 Å². The highest BCUT2D eigenvalue weighted by Crippen LogP contribution is 2.31. The lowest BCUT2D eigenvalue weighted by atomic mass is 9.93. The zero-order valence-electron chi connectivity index (χ0n) is 11.7. The minimum absolute atomic E-state index is 0.115. The Hall–Kier alpha value is -1.65. The van der Waals surface area contributed by atoms with Crippen molar-refractivity contribution in [2.75, 3.05) is 12.4 Å². The molecule has 2 N–H and O–H groups in total. The van der Waals surface area contributed by atoms with Crippen molar-refractivity contribution in [3.05, 3.63) is 51.2 Å². The van der Waals surface area contributed by atoms with Gasteiger partial charge in [-0.2, -0.15) is 11.3 Å². The molecule has 0 saturated carbocycles. The Balaban J connectivity index is 1.97. The maximum Gasteiger partial charge on any atom is 0.224 e. The second kappa shape index (κ2) is 5.38. The van der Waals surface area contributed by atoms with Gasteiger partial charge in [-0.25, -0.2) is 0 Å². The molecule has 0 spiro atoms. The molecule has 0 saturated heterocycles. The molecule has 2 heterocycles. The number of nitrogens with one attached hydrogen (secondary N) is 2. The van der Waals surface area contributed by atoms with Crippen molar-refractivity contribution in [1.82, 2.24) is 5.32 Å². The zero-order valence-corrected chi connectivity index (χ0v) is 12.5. The van der Waals surface area contributed by atoms with E-state index in [2.05, 4.69) is 40.5 Å². The third-order valence-electron chi connectivity index (χ3n) is 3.85. The van der Waals surface area contributed by atoms with Crippen molar-refractivity contribution in [3.8, 4) is 0 Å². The average Bonchev–Trinajstić information content (AvgIpc) is 2.86. The van der Waals surface area contributed by atoms with Crippen LogP contribution in [0.4, 0.5) is 5.69 Å². The summed E-state index contributed by atoms with van der Waals surface area (Å²) in [5.74, 6) is 0.115. The minimum Gasteiger partial charge on any atom is -0.326 e. The summed E-state index contributed by atoms with van der Waals surface area (Å²) in [5, 5.41) is 10.7. The number of aryl methyl sites for hydroxylation is 2. The molecular weight excluding hydrogens is 268 g/mol. The quantitative estimate of drug-likeness (QED) is 0.909. The summed E-state index contributed by atoms with van der Waals surface area (Å²) in [6, 6.07) is 6.55. The molecule has 0 bridgehead atoms. The predicted molar refractivity (Wildman–Crippen MR) is 83.4 cm³/mol. The van der Waals surface area contributed by atoms with Gasteiger partial charge in [0.2, 0.25) is 5.91 Å². The topological polar surface area (TPSA) is 41.1 Å². The van der Waals surface area contributed by atoms with Crippen LogP contribution in [0.1, 0.15) is 34.7 Å². The standard InChI is InChI=1S/C16H18N2OS/c1-10-8-20-9-13(10)16(17-2)12-3-5-14-11(7-12)4-6-15(19)18-14/h3,5,7-9,16-17H,4,6H2,1-2H3,(H,18,19). The molecule has 1 unspecified atom stereocenters. The van der Waals surface area contributed by atoms with Gasteiger partial charge in [0.25, 0.3) is 0 Å². The summed E-state index contributed by atoms with van der Waals surface area (Å²) in [6.07, 6.45) is 1.41. The van der Waals surface area contributed by atoms with Crippen molar-refractivity contribution in [3.63, 3.8) is 0 Å². The molecule has 3 nitrogen and oxygen atoms in total. The number of benzene rings is 1. The highest BCUT2D eigenvalue weighted by Gasteiger charge is 2.19. The van der Waals surface area contributed by atoms with E-state index in [1.165, 1.54) is 22.3 Å². The van der Waals surface area contributed by atoms with E-state index in [-0.39, 0.29) is 11.9 Å². The van der Waals surface area contributed by atoms with Gasteiger partial charge in [0.1, 0.15) is 0 Å². The highest BCUT2D eigenvalue weighted by molar-refractivity contribution is 7.08. The van der Waals surface area contributed by atoms with Crippen LogP contribution in [0.5, 0.6) is 0 Å². The van der Waals surface area contributed by atoms with Crippen LogP contribution in [0.15, 0.2) is 29.0 Å². The Kier molecular flexibility index (Phi) is 3.59. The number of rotatable bonds is 3. The fraction of sp³-hybridized carbons (Fsp3) is 0.312. The number of carbonyl (C=O) groups is 1. The molecule has 2 aromatic rings. The summed E-state index contributed by atoms with van der Waals surface area (Å²) in [7, 11) is 1.99. The minimum atomic E-state index is 0.115. The Morgan fingerprint density at radius 2 is 2.15 bits per heavy atom. The maximum atomic E-state index is 11.4. The van der Waals surface area contributed by atoms with E-state index in [0.717, 1.165) is 12.1 Å². The van der Waals surface area contributed by atoms with Crippen LogP contribution in [0.2, 0.25) is 0 Å². The first-order chi connectivity index (χ1) is 9.69. The number of hydrogen-bond acceptors (Lipinski definition) is 3. The van der Waals surface area contributed by atoms with Gasteiger partial charge in [-0.3, -0.25) is 4.79 Å². The van der Waals surface area contributed by atoms with Crippen molar-refractivity contribution in [2.24, 2.45) is 0 Å². The van der Waals surface area contributed by atoms with Crippen LogP contribution in [0.3, 0.4) is 0 Å². The van der Waals surface area contributed by atoms with E-state index in [0.29, 0.717) is 6.42 Å². The molecule has 1 aliphatic heterocycles. The van der Waals surface area contributed by atoms with Crippen molar-refractivity contribution in [2.45, 2.75) is 25.8 Å². The van der Waals surface area contributed by atoms with Gasteiger partial charge in [-0.05, 0) is 59.5 Å². The normalized spacial score (nSPS) is 15.6. The monoisotopic (exact) mass is 286 g/mol. The van der Waals surface area contributed by atoms with Crippen LogP contribution in [-0.2, 0) is 11.2 Å². The molecule has 1 aromatic carbocycles. The van der Waals surface area contributed by atoms with Crippen molar-refractivity contribution >= 4 is 22.9 Å². The lowest BCUT2D eigenvalue weighted by Crippen LogP contribution is -2.21. The van der Waals surface area contributed by atoms with Crippen molar-refractivity contribution in [1.29, 1.82) is 0 Å². The molecule has 20 heavy (non-hydrogen) atoms. The first-order valence-electron chi connectivity index (χ1n) is 6.81. The fourth-order valence-corrected chi connectivity index (χ4v) is 3.63. The first kappa shape index (κ1) is 13.3. The molecule has 1 atom stereocenters. The lowest BCUT2D eigenvalue weighted by molar-refractivity contribution is -0.116. The third-order valence-corrected chi connectivity index (χ3v) is 4.73. The lowest BCUT2D eigenvalue weighted by Gasteiger charge is -2.22. The van der Waals surface area contributed by atoms with Gasteiger partial charge in [0.05, 0.1) is 6.04 Å². The van der Waals surface area contributed by atoms with Gasteiger partial charge in [-0.1, -0.05) is 12.1 Å². The summed E-state index contributed by atoms with van der Waals surface area (Å²) in [6.45, 7) is 2.15. The number of fused-ring (bicyclic) bond motifs is 1. The summed E-state index contributed by atoms with van der Waals surface area (Å²) < 4.78 is 0. The third kappa shape index (κ3) is 2.37. The molecule has 1 aromatic heterocycles. The van der Waals surface area contributed by atoms with Crippen molar-refractivity contribution < 1.29 is 4.79 Å². The maximum absolute atomic E-state index is 11.4. The van der Waals surface area contributed by atoms with E-state index in [1.54, 1.807) is 11.3 Å². The van der Waals surface area contributed by atoms with E-state index < -0.39 is 0 Å². The number of amides is 1. The summed E-state index contributed by atoms with van der Waals surface area (Å²) >= 11 is 1.74. The fourth-order valence-electron chi connectivity index (χ4n) is 2.75. The Bertz CT molecular complexity index is 648. The second-order valence-electron chi connectivity index (χ2n) is 5.20. The molecule has 0 fully saturated rings. The molecule has 1 aliphatic rings. The summed E-state index contributed by atoms with van der Waals surface area (Å²) in [5.41, 5.74) is 6.10. The van der Waals surface area contributed by atoms with Crippen LogP contribution in [0.25, 0.3) is 0 Å². The smallest absolute Gasteiger partial charge is 0.224 e. The largest absolute Gasteiger partial charge is 0.326 e. The van der Waals surface area contributed by atoms with Crippen LogP contribution in [-0.4, -0.2) is 13.0 Å². The van der Waals surface area contributed by atoms with Gasteiger partial charge in [-0.15, -0.1) is 0 Å². The Morgan fingerprint density at radius 3 is 2.85 bits per heavy atom. The number of hydrogen-bond donors (Lipinski definition) is 2. The van der Waals surface area contributed by atoms with E-state index in [1.807, 2.05) is 13.1 Å². The number of thiophene rings is 1. The first-order valence-corrected chi connectivity index (χ1v) is 7.76. The Morgan fingerprint density at radius 1 is 1.30 bits per heavy atom.